The molecule has 0 aliphatic carbocycles. The number of anilines is 3. The standard InChI is InChI=1S/C27H29N5O2/c1-2-3-9-21-14-15-32(26(21)28)20-25(33)31-18-16-30(17-19-31)24-13-8-7-12-23(24)27(34)29-22-10-5-4-6-11-22/h2-15H,1,16-20,28H2,(H,29,34)/b9-3-. The first kappa shape index (κ1) is 22.9. The van der Waals surface area contributed by atoms with Crippen LogP contribution in [0.25, 0.3) is 6.08 Å². The number of hydrogen-bond acceptors (Lipinski definition) is 4. The molecule has 1 aromatic heterocycles. The molecule has 4 rings (SSSR count). The lowest BCUT2D eigenvalue weighted by atomic mass is 10.1. The molecule has 7 heteroatoms. The molecule has 2 amide bonds. The van der Waals surface area contributed by atoms with Gasteiger partial charge < -0.3 is 25.4 Å². The number of nitrogens with two attached hydrogens (primary N) is 1. The number of allylic oxidation sites excluding steroid dienone is 2. The van der Waals surface area contributed by atoms with Gasteiger partial charge in [0.1, 0.15) is 12.4 Å². The molecule has 2 heterocycles. The van der Waals surface area contributed by atoms with Crippen molar-refractivity contribution in [3.63, 3.8) is 0 Å². The number of rotatable bonds is 7. The lowest BCUT2D eigenvalue weighted by Crippen LogP contribution is -2.50. The third kappa shape index (κ3) is 5.20. The van der Waals surface area contributed by atoms with Gasteiger partial charge in [0.25, 0.3) is 5.91 Å². The third-order valence-corrected chi connectivity index (χ3v) is 5.91. The van der Waals surface area contributed by atoms with E-state index in [9.17, 15) is 9.59 Å². The van der Waals surface area contributed by atoms with Crippen LogP contribution in [0.15, 0.2) is 85.6 Å². The number of carbonyl (C=O) groups is 2. The van der Waals surface area contributed by atoms with Crippen LogP contribution in [0.4, 0.5) is 17.2 Å². The molecule has 0 radical (unpaired) electrons. The second-order valence-electron chi connectivity index (χ2n) is 8.08. The number of nitrogens with one attached hydrogen (secondary N) is 1. The van der Waals surface area contributed by atoms with Gasteiger partial charge in [-0.05, 0) is 30.3 Å². The molecule has 0 spiro atoms. The van der Waals surface area contributed by atoms with Gasteiger partial charge in [-0.25, -0.2) is 0 Å². The summed E-state index contributed by atoms with van der Waals surface area (Å²) in [7, 11) is 0. The Hall–Kier alpha value is -4.26. The third-order valence-electron chi connectivity index (χ3n) is 5.91. The van der Waals surface area contributed by atoms with Crippen molar-refractivity contribution in [2.24, 2.45) is 0 Å². The lowest BCUT2D eigenvalue weighted by Gasteiger charge is -2.37. The Morgan fingerprint density at radius 2 is 1.68 bits per heavy atom. The summed E-state index contributed by atoms with van der Waals surface area (Å²) in [5.41, 5.74) is 9.29. The van der Waals surface area contributed by atoms with Crippen molar-refractivity contribution in [1.29, 1.82) is 0 Å². The number of nitrogen functional groups attached to an aromatic ring is 1. The number of benzene rings is 2. The molecule has 7 nitrogen and oxygen atoms in total. The van der Waals surface area contributed by atoms with E-state index in [-0.39, 0.29) is 18.4 Å². The van der Waals surface area contributed by atoms with Crippen molar-refractivity contribution in [1.82, 2.24) is 9.47 Å². The van der Waals surface area contributed by atoms with Crippen LogP contribution in [0, 0.1) is 0 Å². The number of para-hydroxylation sites is 2. The molecule has 1 saturated heterocycles. The van der Waals surface area contributed by atoms with Crippen molar-refractivity contribution in [3.05, 3.63) is 96.7 Å². The van der Waals surface area contributed by atoms with E-state index in [2.05, 4.69) is 16.8 Å². The highest BCUT2D eigenvalue weighted by Crippen LogP contribution is 2.23. The zero-order valence-corrected chi connectivity index (χ0v) is 19.1. The van der Waals surface area contributed by atoms with E-state index >= 15 is 0 Å². The zero-order valence-electron chi connectivity index (χ0n) is 19.1. The Kier molecular flexibility index (Phi) is 7.13. The monoisotopic (exact) mass is 455 g/mol. The second kappa shape index (κ2) is 10.6. The molecular weight excluding hydrogens is 426 g/mol. The summed E-state index contributed by atoms with van der Waals surface area (Å²) in [4.78, 5) is 29.8. The first-order chi connectivity index (χ1) is 16.6. The summed E-state index contributed by atoms with van der Waals surface area (Å²) >= 11 is 0. The van der Waals surface area contributed by atoms with E-state index in [0.29, 0.717) is 37.6 Å². The second-order valence-corrected chi connectivity index (χ2v) is 8.08. The minimum Gasteiger partial charge on any atom is -0.385 e. The fraction of sp³-hybridized carbons (Fsp3) is 0.185. The van der Waals surface area contributed by atoms with Gasteiger partial charge in [0.2, 0.25) is 5.91 Å². The number of nitrogens with zero attached hydrogens (tertiary/aromatic N) is 3. The molecule has 3 N–H and O–H groups in total. The van der Waals surface area contributed by atoms with Gasteiger partial charge in [-0.3, -0.25) is 9.59 Å². The van der Waals surface area contributed by atoms with E-state index in [1.54, 1.807) is 10.6 Å². The van der Waals surface area contributed by atoms with Gasteiger partial charge in [-0.1, -0.05) is 55.1 Å². The highest BCUT2D eigenvalue weighted by Gasteiger charge is 2.24. The number of hydrogen-bond donors (Lipinski definition) is 2. The molecule has 0 bridgehead atoms. The number of carbonyl (C=O) groups excluding carboxylic acids is 2. The predicted octanol–water partition coefficient (Wildman–Crippen LogP) is 3.87. The molecule has 34 heavy (non-hydrogen) atoms. The summed E-state index contributed by atoms with van der Waals surface area (Å²) < 4.78 is 1.76. The summed E-state index contributed by atoms with van der Waals surface area (Å²) in [6, 6.07) is 18.9. The number of piperazine rings is 1. The maximum absolute atomic E-state index is 12.9. The van der Waals surface area contributed by atoms with Crippen molar-refractivity contribution in [2.45, 2.75) is 6.54 Å². The highest BCUT2D eigenvalue weighted by molar-refractivity contribution is 6.08. The Morgan fingerprint density at radius 1 is 0.971 bits per heavy atom. The first-order valence-corrected chi connectivity index (χ1v) is 11.3. The molecule has 2 aromatic carbocycles. The van der Waals surface area contributed by atoms with E-state index in [1.807, 2.05) is 83.9 Å². The van der Waals surface area contributed by atoms with E-state index in [0.717, 1.165) is 16.9 Å². The maximum atomic E-state index is 12.9. The van der Waals surface area contributed by atoms with Crippen LogP contribution in [0.3, 0.4) is 0 Å². The Morgan fingerprint density at radius 3 is 2.41 bits per heavy atom. The van der Waals surface area contributed by atoms with Crippen molar-refractivity contribution in [3.8, 4) is 0 Å². The average Bonchev–Trinajstić information content (AvgIpc) is 3.22. The van der Waals surface area contributed by atoms with Crippen LogP contribution in [0.5, 0.6) is 0 Å². The predicted molar refractivity (Wildman–Crippen MR) is 138 cm³/mol. The smallest absolute Gasteiger partial charge is 0.257 e. The SMILES string of the molecule is C=C/C=C\c1ccn(CC(=O)N2CCN(c3ccccc3C(=O)Nc3ccccc3)CC2)c1N. The first-order valence-electron chi connectivity index (χ1n) is 11.3. The van der Waals surface area contributed by atoms with Crippen LogP contribution in [0.1, 0.15) is 15.9 Å². The van der Waals surface area contributed by atoms with E-state index < -0.39 is 0 Å². The molecule has 1 fully saturated rings. The van der Waals surface area contributed by atoms with Crippen molar-refractivity contribution >= 4 is 35.1 Å². The van der Waals surface area contributed by atoms with E-state index in [1.165, 1.54) is 0 Å². The fourth-order valence-corrected chi connectivity index (χ4v) is 4.06. The minimum atomic E-state index is -0.148. The molecule has 1 aliphatic rings. The van der Waals surface area contributed by atoms with Gasteiger partial charge >= 0.3 is 0 Å². The molecular formula is C27H29N5O2. The van der Waals surface area contributed by atoms with Gasteiger partial charge in [-0.2, -0.15) is 0 Å². The van der Waals surface area contributed by atoms with Crippen LogP contribution < -0.4 is 16.0 Å². The minimum absolute atomic E-state index is 0.0244. The van der Waals surface area contributed by atoms with Gasteiger partial charge in [0.15, 0.2) is 0 Å². The largest absolute Gasteiger partial charge is 0.385 e. The van der Waals surface area contributed by atoms with Crippen LogP contribution in [-0.4, -0.2) is 47.5 Å². The van der Waals surface area contributed by atoms with Gasteiger partial charge in [-0.15, -0.1) is 0 Å². The van der Waals surface area contributed by atoms with Crippen LogP contribution >= 0.6 is 0 Å². The highest BCUT2D eigenvalue weighted by atomic mass is 16.2. The molecule has 174 valence electrons. The van der Waals surface area contributed by atoms with Crippen LogP contribution in [-0.2, 0) is 11.3 Å². The molecule has 0 unspecified atom stereocenters. The normalized spacial score (nSPS) is 13.8. The maximum Gasteiger partial charge on any atom is 0.257 e. The fourth-order valence-electron chi connectivity index (χ4n) is 4.06. The lowest BCUT2D eigenvalue weighted by molar-refractivity contribution is -0.132. The van der Waals surface area contributed by atoms with Crippen molar-refractivity contribution in [2.75, 3.05) is 42.1 Å². The Bertz CT molecular complexity index is 1190. The molecule has 3 aromatic rings. The summed E-state index contributed by atoms with van der Waals surface area (Å²) in [5, 5.41) is 2.96. The topological polar surface area (TPSA) is 83.6 Å². The number of amides is 2. The van der Waals surface area contributed by atoms with Gasteiger partial charge in [0, 0.05) is 49.3 Å². The van der Waals surface area contributed by atoms with Gasteiger partial charge in [0.05, 0.1) is 5.56 Å². The molecule has 0 atom stereocenters. The summed E-state index contributed by atoms with van der Waals surface area (Å²) in [5.74, 6) is 0.435. The number of aromatic nitrogens is 1. The van der Waals surface area contributed by atoms with Crippen molar-refractivity contribution < 1.29 is 9.59 Å². The zero-order chi connectivity index (χ0) is 23.9. The average molecular weight is 456 g/mol. The molecule has 1 aliphatic heterocycles. The Labute approximate surface area is 199 Å². The van der Waals surface area contributed by atoms with E-state index in [4.69, 9.17) is 5.73 Å². The Balaban J connectivity index is 1.38. The summed E-state index contributed by atoms with van der Waals surface area (Å²) in [6.45, 7) is 6.32. The summed E-state index contributed by atoms with van der Waals surface area (Å²) in [6.07, 6.45) is 7.20. The quantitative estimate of drug-likeness (QED) is 0.530. The molecule has 0 saturated carbocycles. The van der Waals surface area contributed by atoms with Crippen LogP contribution in [0.2, 0.25) is 0 Å².